The molecule has 0 aromatic rings. The van der Waals surface area contributed by atoms with Crippen LogP contribution in [0.25, 0.3) is 0 Å². The van der Waals surface area contributed by atoms with Crippen molar-refractivity contribution in [3.63, 3.8) is 0 Å². The maximum absolute atomic E-state index is 13.4. The summed E-state index contributed by atoms with van der Waals surface area (Å²) in [6.07, 6.45) is 44.5. The number of carbonyl (C=O) groups excluding carboxylic acids is 1. The number of amides is 1. The van der Waals surface area contributed by atoms with Gasteiger partial charge in [0.2, 0.25) is 5.91 Å². The zero-order valence-electron chi connectivity index (χ0n) is 57.0. The van der Waals surface area contributed by atoms with Crippen molar-refractivity contribution in [2.45, 2.75) is 349 Å². The van der Waals surface area contributed by atoms with Gasteiger partial charge in [0.25, 0.3) is 0 Å². The van der Waals surface area contributed by atoms with Gasteiger partial charge in [-0.15, -0.1) is 0 Å². The fourth-order valence-electron chi connectivity index (χ4n) is 11.8. The van der Waals surface area contributed by atoms with Gasteiger partial charge >= 0.3 is 0 Å². The van der Waals surface area contributed by atoms with Gasteiger partial charge in [-0.05, 0) is 83.5 Å². The monoisotopic (exact) mass is 1320 g/mol. The number of aliphatic hydroxyl groups excluding tert-OH is 11. The molecule has 19 nitrogen and oxygen atoms in total. The lowest BCUT2D eigenvalue weighted by molar-refractivity contribution is -0.379. The van der Waals surface area contributed by atoms with Crippen LogP contribution >= 0.6 is 0 Å². The van der Waals surface area contributed by atoms with E-state index in [1.54, 1.807) is 6.08 Å². The Kier molecular flexibility index (Phi) is 49.7. The second-order valence-electron chi connectivity index (χ2n) is 25.6. The van der Waals surface area contributed by atoms with Crippen LogP contribution in [0.4, 0.5) is 0 Å². The van der Waals surface area contributed by atoms with E-state index in [0.29, 0.717) is 12.8 Å². The normalized spacial score (nSPS) is 28.0. The average Bonchev–Trinajstić information content (AvgIpc) is 0.842. The summed E-state index contributed by atoms with van der Waals surface area (Å²) in [5.41, 5.74) is 0. The molecular formula is C74H129NO18. The predicted octanol–water partition coefficient (Wildman–Crippen LogP) is 10.3. The highest BCUT2D eigenvalue weighted by Crippen LogP contribution is 2.33. The van der Waals surface area contributed by atoms with Crippen LogP contribution in [0.2, 0.25) is 0 Å². The smallest absolute Gasteiger partial charge is 0.220 e. The molecule has 19 heteroatoms. The number of aliphatic hydroxyl groups is 11. The molecule has 17 unspecified atom stereocenters. The number of hydrogen-bond donors (Lipinski definition) is 12. The highest BCUT2D eigenvalue weighted by atomic mass is 16.8. The number of hydrogen-bond acceptors (Lipinski definition) is 18. The van der Waals surface area contributed by atoms with Crippen LogP contribution in [0, 0.1) is 0 Å². The van der Waals surface area contributed by atoms with Crippen molar-refractivity contribution in [3.8, 4) is 0 Å². The van der Waals surface area contributed by atoms with Gasteiger partial charge in [-0.1, -0.05) is 240 Å². The van der Waals surface area contributed by atoms with Crippen molar-refractivity contribution in [2.24, 2.45) is 0 Å². The summed E-state index contributed by atoms with van der Waals surface area (Å²) in [6.45, 7) is 1.55. The summed E-state index contributed by atoms with van der Waals surface area (Å²) in [6, 6.07) is -0.998. The van der Waals surface area contributed by atoms with Gasteiger partial charge in [0.05, 0.1) is 38.6 Å². The van der Waals surface area contributed by atoms with E-state index < -0.39 is 124 Å². The van der Waals surface area contributed by atoms with Crippen molar-refractivity contribution >= 4 is 5.91 Å². The first kappa shape index (κ1) is 84.2. The van der Waals surface area contributed by atoms with E-state index in [4.69, 9.17) is 28.4 Å². The van der Waals surface area contributed by atoms with E-state index in [2.05, 4.69) is 92.1 Å². The van der Waals surface area contributed by atoms with Crippen molar-refractivity contribution < 1.29 is 89.4 Å². The van der Waals surface area contributed by atoms with E-state index in [-0.39, 0.29) is 18.9 Å². The largest absolute Gasteiger partial charge is 0.394 e. The lowest BCUT2D eigenvalue weighted by Gasteiger charge is -2.48. The van der Waals surface area contributed by atoms with Crippen LogP contribution in [0.5, 0.6) is 0 Å². The minimum Gasteiger partial charge on any atom is -0.394 e. The van der Waals surface area contributed by atoms with Gasteiger partial charge in [-0.3, -0.25) is 4.79 Å². The summed E-state index contributed by atoms with van der Waals surface area (Å²) >= 11 is 0. The Morgan fingerprint density at radius 3 is 1.20 bits per heavy atom. The number of allylic oxidation sites excluding steroid dienone is 13. The molecule has 0 aromatic heterocycles. The van der Waals surface area contributed by atoms with Crippen molar-refractivity contribution in [1.82, 2.24) is 5.32 Å². The molecule has 0 aliphatic carbocycles. The molecule has 3 rings (SSSR count). The molecule has 538 valence electrons. The molecule has 1 amide bonds. The minimum atomic E-state index is -1.98. The van der Waals surface area contributed by atoms with E-state index in [1.165, 1.54) is 141 Å². The number of carbonyl (C=O) groups is 1. The first-order chi connectivity index (χ1) is 45.3. The Hall–Kier alpha value is -3.03. The molecule has 12 N–H and O–H groups in total. The standard InChI is InChI=1S/C74H129NO18/c1-3-5-7-9-11-13-15-17-18-19-20-21-22-23-24-25-26-27-28-29-30-31-32-33-34-35-36-37-38-40-42-44-46-48-50-52-62(80)75-57(58(79)51-49-47-45-43-41-39-16-14-12-10-8-6-4-2)56-88-72-68(86)65(83)70(60(54-77)90-72)93-74-69(87)66(84)71(61(55-78)91-74)92-73-67(85)64(82)63(81)59(53-76)89-73/h5,7,11-14,17-18,20-21,41,43,49,51,57-61,63-74,76-79,81-87H,3-4,6,8-10,15-16,19,22-40,42,44-48,50,52-56H2,1-2H3,(H,75,80)/b7-5-,13-11-,14-12+,18-17-,21-20-,43-41+,51-49+. The van der Waals surface area contributed by atoms with Gasteiger partial charge in [-0.2, -0.15) is 0 Å². The zero-order chi connectivity index (χ0) is 67.5. The number of unbranched alkanes of at least 4 members (excludes halogenated alkanes) is 27. The molecule has 0 spiro atoms. The Balaban J connectivity index is 1.33. The van der Waals surface area contributed by atoms with Gasteiger partial charge in [-0.25, -0.2) is 0 Å². The number of ether oxygens (including phenoxy) is 6. The minimum absolute atomic E-state index is 0.231. The van der Waals surface area contributed by atoms with Gasteiger partial charge in [0, 0.05) is 6.42 Å². The summed E-state index contributed by atoms with van der Waals surface area (Å²) in [4.78, 5) is 13.4. The highest BCUT2D eigenvalue weighted by molar-refractivity contribution is 5.76. The van der Waals surface area contributed by atoms with Crippen LogP contribution in [-0.4, -0.2) is 193 Å². The van der Waals surface area contributed by atoms with Crippen molar-refractivity contribution in [3.05, 3.63) is 85.1 Å². The fourth-order valence-corrected chi connectivity index (χ4v) is 11.8. The molecule has 0 aromatic carbocycles. The molecule has 3 saturated heterocycles. The molecule has 3 fully saturated rings. The molecule has 0 saturated carbocycles. The van der Waals surface area contributed by atoms with Crippen LogP contribution in [0.3, 0.4) is 0 Å². The third-order valence-electron chi connectivity index (χ3n) is 17.7. The highest BCUT2D eigenvalue weighted by Gasteiger charge is 2.53. The molecule has 93 heavy (non-hydrogen) atoms. The maximum atomic E-state index is 13.4. The molecular weight excluding hydrogens is 1190 g/mol. The van der Waals surface area contributed by atoms with E-state index >= 15 is 0 Å². The fraction of sp³-hybridized carbons (Fsp3) is 0.797. The number of nitrogens with one attached hydrogen (secondary N) is 1. The first-order valence-electron chi connectivity index (χ1n) is 36.3. The van der Waals surface area contributed by atoms with E-state index in [1.807, 2.05) is 6.08 Å². The second kappa shape index (κ2) is 54.9. The van der Waals surface area contributed by atoms with Gasteiger partial charge in [0.1, 0.15) is 73.2 Å². The average molecular weight is 1320 g/mol. The van der Waals surface area contributed by atoms with Crippen molar-refractivity contribution in [1.29, 1.82) is 0 Å². The summed E-state index contributed by atoms with van der Waals surface area (Å²) in [5.74, 6) is -0.290. The topological polar surface area (TPSA) is 307 Å². The first-order valence-corrected chi connectivity index (χ1v) is 36.3. The Morgan fingerprint density at radius 2 is 0.753 bits per heavy atom. The van der Waals surface area contributed by atoms with Crippen LogP contribution in [0.1, 0.15) is 245 Å². The molecule has 0 bridgehead atoms. The molecule has 3 aliphatic rings. The lowest BCUT2D eigenvalue weighted by atomic mass is 9.96. The van der Waals surface area contributed by atoms with Crippen molar-refractivity contribution in [2.75, 3.05) is 26.4 Å². The molecule has 0 radical (unpaired) electrons. The van der Waals surface area contributed by atoms with Crippen LogP contribution in [0.15, 0.2) is 85.1 Å². The summed E-state index contributed by atoms with van der Waals surface area (Å²) < 4.78 is 34.3. The van der Waals surface area contributed by atoms with Gasteiger partial charge in [0.15, 0.2) is 18.9 Å². The van der Waals surface area contributed by atoms with Gasteiger partial charge < -0.3 is 89.9 Å². The number of rotatable bonds is 55. The van der Waals surface area contributed by atoms with E-state index in [9.17, 15) is 61.0 Å². The predicted molar refractivity (Wildman–Crippen MR) is 364 cm³/mol. The lowest BCUT2D eigenvalue weighted by Crippen LogP contribution is -2.66. The Morgan fingerprint density at radius 1 is 0.398 bits per heavy atom. The third kappa shape index (κ3) is 36.4. The maximum Gasteiger partial charge on any atom is 0.220 e. The quantitative estimate of drug-likeness (QED) is 0.0199. The molecule has 3 aliphatic heterocycles. The van der Waals surface area contributed by atoms with E-state index in [0.717, 1.165) is 70.6 Å². The van der Waals surface area contributed by atoms with Crippen LogP contribution < -0.4 is 5.32 Å². The summed E-state index contributed by atoms with van der Waals surface area (Å²) in [5, 5.41) is 120. The zero-order valence-corrected chi connectivity index (χ0v) is 57.0. The SMILES string of the molecule is CC/C=C\C/C=C\C/C=C\C/C=C\CCCCCCCCCCCCCCCCCCCCCCCCC(=O)NC(COC1OC(CO)C(OC2OC(CO)C(OC3OC(CO)C(O)C(O)C3O)C(O)C2O)C(O)C1O)C(O)/C=C/CC/C=C/CC/C=C/CCCCC. The van der Waals surface area contributed by atoms with Crippen LogP contribution in [-0.2, 0) is 33.2 Å². The second-order valence-corrected chi connectivity index (χ2v) is 25.6. The molecule has 17 atom stereocenters. The summed E-state index contributed by atoms with van der Waals surface area (Å²) in [7, 11) is 0. The Bertz CT molecular complexity index is 2010. The molecule has 3 heterocycles. The third-order valence-corrected chi connectivity index (χ3v) is 17.7. The Labute approximate surface area is 559 Å².